The highest BCUT2D eigenvalue weighted by atomic mass is 35.5. The van der Waals surface area contributed by atoms with Gasteiger partial charge in [-0.3, -0.25) is 9.52 Å². The van der Waals surface area contributed by atoms with Crippen molar-refractivity contribution in [2.45, 2.75) is 90.6 Å². The third-order valence-corrected chi connectivity index (χ3v) is 10.4. The smallest absolute Gasteiger partial charge is 0.387 e. The molecule has 0 radical (unpaired) electrons. The number of benzene rings is 2. The van der Waals surface area contributed by atoms with Crippen molar-refractivity contribution in [3.63, 3.8) is 0 Å². The van der Waals surface area contributed by atoms with E-state index in [-0.39, 0.29) is 81.1 Å². The van der Waals surface area contributed by atoms with E-state index in [9.17, 15) is 36.8 Å². The summed E-state index contributed by atoms with van der Waals surface area (Å²) in [6.45, 7) is 4.68. The van der Waals surface area contributed by atoms with E-state index in [2.05, 4.69) is 9.46 Å². The predicted octanol–water partition coefficient (Wildman–Crippen LogP) is 7.35. The fourth-order valence-corrected chi connectivity index (χ4v) is 6.88. The molecule has 0 unspecified atom stereocenters. The Kier molecular flexibility index (Phi) is 13.9. The molecular formula is C39H44Cl2F2N2O12S. The molecule has 19 heteroatoms. The zero-order chi connectivity index (χ0) is 42.6. The lowest BCUT2D eigenvalue weighted by Gasteiger charge is -2.27. The molecule has 1 N–H and O–H groups in total. The number of anilines is 1. The Hall–Kier alpha value is -4.61. The van der Waals surface area contributed by atoms with Gasteiger partial charge >= 0.3 is 24.5 Å². The normalized spacial score (nSPS) is 15.0. The molecule has 3 aromatic rings. The van der Waals surface area contributed by atoms with E-state index in [1.165, 1.54) is 50.2 Å². The van der Waals surface area contributed by atoms with Gasteiger partial charge in [-0.15, -0.1) is 0 Å². The van der Waals surface area contributed by atoms with Crippen LogP contribution < -0.4 is 23.7 Å². The van der Waals surface area contributed by atoms with Crippen LogP contribution in [-0.4, -0.2) is 63.1 Å². The molecule has 58 heavy (non-hydrogen) atoms. The maximum absolute atomic E-state index is 13.9. The van der Waals surface area contributed by atoms with Crippen molar-refractivity contribution in [2.75, 3.05) is 23.7 Å². The van der Waals surface area contributed by atoms with Crippen LogP contribution in [0.2, 0.25) is 10.0 Å². The van der Waals surface area contributed by atoms with Crippen molar-refractivity contribution in [2.24, 2.45) is 11.8 Å². The SMILES string of the molecule is CC(C)(C)OC(=O)CS(=O)(=O)Nc1ccc(C(=O)OC(C)(C)C(=O)O[C@@H](Cc2c(Cl)c[n+]([O-])cc2Cl)c2ccc(OC(F)F)c(OCC3CC3)c2)cc1OCC1CC1. The number of rotatable bonds is 19. The first-order chi connectivity index (χ1) is 27.1. The van der Waals surface area contributed by atoms with Crippen LogP contribution in [0.5, 0.6) is 17.2 Å². The number of hydrogen-bond donors (Lipinski definition) is 1. The van der Waals surface area contributed by atoms with Crippen LogP contribution in [0.3, 0.4) is 0 Å². The Bertz CT molecular complexity index is 2100. The Morgan fingerprint density at radius 2 is 1.48 bits per heavy atom. The van der Waals surface area contributed by atoms with Crippen LogP contribution in [-0.2, 0) is 40.2 Å². The van der Waals surface area contributed by atoms with Gasteiger partial charge in [-0.25, -0.2) is 18.0 Å². The van der Waals surface area contributed by atoms with Gasteiger partial charge < -0.3 is 33.6 Å². The minimum atomic E-state index is -4.27. The summed E-state index contributed by atoms with van der Waals surface area (Å²) in [6, 6.07) is 7.74. The number of pyridine rings is 1. The van der Waals surface area contributed by atoms with E-state index in [1.54, 1.807) is 20.8 Å². The van der Waals surface area contributed by atoms with Crippen molar-refractivity contribution in [3.05, 3.63) is 80.7 Å². The van der Waals surface area contributed by atoms with Crippen LogP contribution >= 0.6 is 23.2 Å². The number of ether oxygens (including phenoxy) is 6. The molecule has 0 bridgehead atoms. The van der Waals surface area contributed by atoms with Crippen LogP contribution in [0.1, 0.15) is 87.9 Å². The number of alkyl halides is 2. The maximum Gasteiger partial charge on any atom is 0.387 e. The number of carbonyl (C=O) groups excluding carboxylic acids is 3. The molecule has 0 spiro atoms. The summed E-state index contributed by atoms with van der Waals surface area (Å²) < 4.78 is 88.1. The Morgan fingerprint density at radius 3 is 2.05 bits per heavy atom. The second-order valence-electron chi connectivity index (χ2n) is 15.5. The van der Waals surface area contributed by atoms with Crippen LogP contribution in [0.25, 0.3) is 0 Å². The van der Waals surface area contributed by atoms with Crippen LogP contribution in [0.15, 0.2) is 48.8 Å². The first kappa shape index (κ1) is 44.5. The number of nitrogens with one attached hydrogen (secondary N) is 1. The van der Waals surface area contributed by atoms with Gasteiger partial charge in [0.05, 0.1) is 24.5 Å². The summed E-state index contributed by atoms with van der Waals surface area (Å²) in [5, 5.41) is 11.9. The largest absolute Gasteiger partial charge is 0.619 e. The maximum atomic E-state index is 13.9. The highest BCUT2D eigenvalue weighted by molar-refractivity contribution is 7.93. The highest BCUT2D eigenvalue weighted by Crippen LogP contribution is 2.39. The number of hydrogen-bond acceptors (Lipinski definition) is 12. The topological polar surface area (TPSA) is 180 Å². The van der Waals surface area contributed by atoms with Crippen molar-refractivity contribution in [1.82, 2.24) is 0 Å². The summed E-state index contributed by atoms with van der Waals surface area (Å²) in [7, 11) is -4.27. The third kappa shape index (κ3) is 13.2. The minimum Gasteiger partial charge on any atom is -0.619 e. The van der Waals surface area contributed by atoms with E-state index in [0.717, 1.165) is 38.1 Å². The van der Waals surface area contributed by atoms with Gasteiger partial charge in [0.25, 0.3) is 0 Å². The molecule has 2 fully saturated rings. The number of sulfonamides is 1. The van der Waals surface area contributed by atoms with Gasteiger partial charge in [0, 0.05) is 12.0 Å². The predicted molar refractivity (Wildman–Crippen MR) is 207 cm³/mol. The average Bonchev–Trinajstić information content (AvgIpc) is 4.03. The van der Waals surface area contributed by atoms with E-state index < -0.39 is 57.6 Å². The van der Waals surface area contributed by atoms with Crippen LogP contribution in [0, 0.1) is 17.0 Å². The van der Waals surface area contributed by atoms with E-state index >= 15 is 0 Å². The molecule has 2 saturated carbocycles. The first-order valence-corrected chi connectivity index (χ1v) is 20.7. The van der Waals surface area contributed by atoms with Crippen molar-refractivity contribution in [1.29, 1.82) is 0 Å². The summed E-state index contributed by atoms with van der Waals surface area (Å²) in [6.07, 6.45) is 4.29. The average molecular weight is 874 g/mol. The number of carbonyl (C=O) groups is 3. The summed E-state index contributed by atoms with van der Waals surface area (Å²) in [4.78, 5) is 39.7. The van der Waals surface area contributed by atoms with Gasteiger partial charge in [0.15, 0.2) is 29.6 Å². The zero-order valence-electron chi connectivity index (χ0n) is 32.4. The second kappa shape index (κ2) is 18.1. The van der Waals surface area contributed by atoms with E-state index in [1.807, 2.05) is 0 Å². The molecule has 14 nitrogen and oxygen atoms in total. The van der Waals surface area contributed by atoms with Gasteiger partial charge in [-0.05, 0) is 108 Å². The third-order valence-electron chi connectivity index (χ3n) is 8.65. The molecule has 0 amide bonds. The fraction of sp³-hybridized carbons (Fsp3) is 0.487. The molecule has 2 aliphatic rings. The zero-order valence-corrected chi connectivity index (χ0v) is 34.7. The molecular weight excluding hydrogens is 829 g/mol. The molecule has 316 valence electrons. The second-order valence-corrected chi connectivity index (χ2v) is 18.1. The molecule has 5 rings (SSSR count). The standard InChI is InChI=1S/C39H44Cl2F2N2O12S/c1-38(2,3)56-34(46)21-58(50,51)44-29-12-10-25(15-32(29)52-19-22-6-7-22)35(47)57-39(4,5)36(48)54-31(16-26-27(40)17-45(49)18-28(26)41)24-11-13-30(55-37(42)43)33(14-24)53-20-23-8-9-23/h10-15,17-18,22-23,31,37,44H,6-9,16,19-21H2,1-5H3/t31-/m0/s1. The fourth-order valence-electron chi connectivity index (χ4n) is 5.34. The van der Waals surface area contributed by atoms with Gasteiger partial charge in [0.1, 0.15) is 27.5 Å². The van der Waals surface area contributed by atoms with Gasteiger partial charge in [-0.2, -0.15) is 13.5 Å². The van der Waals surface area contributed by atoms with Gasteiger partial charge in [0.2, 0.25) is 15.6 Å². The van der Waals surface area contributed by atoms with Crippen molar-refractivity contribution >= 4 is 56.8 Å². The monoisotopic (exact) mass is 872 g/mol. The number of nitrogens with zero attached hydrogens (tertiary/aromatic N) is 1. The molecule has 1 atom stereocenters. The minimum absolute atomic E-state index is 0.0236. The van der Waals surface area contributed by atoms with Crippen LogP contribution in [0.4, 0.5) is 14.5 Å². The van der Waals surface area contributed by atoms with Crippen molar-refractivity contribution in [3.8, 4) is 17.2 Å². The summed E-state index contributed by atoms with van der Waals surface area (Å²) >= 11 is 12.7. The van der Waals surface area contributed by atoms with Crippen molar-refractivity contribution < 1.29 is 64.7 Å². The lowest BCUT2D eigenvalue weighted by Crippen LogP contribution is -2.39. The quantitative estimate of drug-likeness (QED) is 0.0549. The number of halogens is 4. The molecule has 0 saturated heterocycles. The molecule has 1 aromatic heterocycles. The number of esters is 3. The van der Waals surface area contributed by atoms with E-state index in [4.69, 9.17) is 46.9 Å². The van der Waals surface area contributed by atoms with E-state index in [0.29, 0.717) is 4.73 Å². The highest BCUT2D eigenvalue weighted by Gasteiger charge is 2.38. The number of aromatic nitrogens is 1. The lowest BCUT2D eigenvalue weighted by molar-refractivity contribution is -0.605. The molecule has 2 aromatic carbocycles. The first-order valence-electron chi connectivity index (χ1n) is 18.3. The summed E-state index contributed by atoms with van der Waals surface area (Å²) in [5.41, 5.74) is -2.57. The molecule has 0 aliphatic heterocycles. The molecule has 1 heterocycles. The Morgan fingerprint density at radius 1 is 0.879 bits per heavy atom. The Labute approximate surface area is 344 Å². The lowest BCUT2D eigenvalue weighted by atomic mass is 10.0. The molecule has 2 aliphatic carbocycles. The Balaban J connectivity index is 1.38. The van der Waals surface area contributed by atoms with Gasteiger partial charge in [-0.1, -0.05) is 29.3 Å². The summed E-state index contributed by atoms with van der Waals surface area (Å²) in [5.74, 6) is -3.81.